The van der Waals surface area contributed by atoms with Crippen LogP contribution in [0.2, 0.25) is 0 Å². The minimum absolute atomic E-state index is 0.0373. The molecular weight excluding hydrogens is 336 g/mol. The number of unbranched alkanes of at least 4 members (excludes halogenated alkanes) is 3. The number of aliphatic carboxylic acids is 1. The maximum absolute atomic E-state index is 12.1. The van der Waals surface area contributed by atoms with Crippen molar-refractivity contribution in [2.75, 3.05) is 0 Å². The van der Waals surface area contributed by atoms with Crippen LogP contribution < -0.4 is 0 Å². The molecule has 148 valence electrons. The molecule has 6 nitrogen and oxygen atoms in total. The van der Waals surface area contributed by atoms with Gasteiger partial charge in [-0.05, 0) is 19.3 Å². The molecule has 0 bridgehead atoms. The molecule has 1 rings (SSSR count). The number of rotatable bonds is 13. The highest BCUT2D eigenvalue weighted by atomic mass is 16.4. The second-order valence-electron chi connectivity index (χ2n) is 7.21. The van der Waals surface area contributed by atoms with Gasteiger partial charge in [0.2, 0.25) is 0 Å². The van der Waals surface area contributed by atoms with Crippen molar-refractivity contribution in [3.63, 3.8) is 0 Å². The normalized spacial score (nSPS) is 24.3. The van der Waals surface area contributed by atoms with Gasteiger partial charge in [-0.3, -0.25) is 14.4 Å². The molecule has 6 heteroatoms. The summed E-state index contributed by atoms with van der Waals surface area (Å²) in [4.78, 5) is 34.7. The third-order valence-electron chi connectivity index (χ3n) is 4.94. The Morgan fingerprint density at radius 2 is 1.88 bits per heavy atom. The summed E-state index contributed by atoms with van der Waals surface area (Å²) in [7, 11) is 0. The van der Waals surface area contributed by atoms with Crippen LogP contribution in [0.1, 0.15) is 71.1 Å². The van der Waals surface area contributed by atoms with E-state index in [-0.39, 0.29) is 37.2 Å². The Morgan fingerprint density at radius 3 is 2.54 bits per heavy atom. The Labute approximate surface area is 155 Å². The predicted octanol–water partition coefficient (Wildman–Crippen LogP) is 2.65. The molecule has 0 aromatic rings. The lowest BCUT2D eigenvalue weighted by Gasteiger charge is -2.17. The van der Waals surface area contributed by atoms with Gasteiger partial charge in [0, 0.05) is 37.5 Å². The van der Waals surface area contributed by atoms with Crippen molar-refractivity contribution >= 4 is 17.5 Å². The molecule has 26 heavy (non-hydrogen) atoms. The average Bonchev–Trinajstić information content (AvgIpc) is 2.83. The highest BCUT2D eigenvalue weighted by molar-refractivity contribution is 5.90. The van der Waals surface area contributed by atoms with E-state index in [1.54, 1.807) is 12.2 Å². The number of hydrogen-bond acceptors (Lipinski definition) is 5. The summed E-state index contributed by atoms with van der Waals surface area (Å²) in [6.45, 7) is 2.09. The van der Waals surface area contributed by atoms with Crippen LogP contribution in [-0.4, -0.2) is 45.1 Å². The van der Waals surface area contributed by atoms with Gasteiger partial charge < -0.3 is 15.3 Å². The first kappa shape index (κ1) is 22.5. The lowest BCUT2D eigenvalue weighted by atomic mass is 9.88. The van der Waals surface area contributed by atoms with Crippen LogP contribution in [0.4, 0.5) is 0 Å². The second-order valence-corrected chi connectivity index (χ2v) is 7.21. The van der Waals surface area contributed by atoms with Crippen molar-refractivity contribution in [2.45, 2.75) is 83.3 Å². The third-order valence-corrected chi connectivity index (χ3v) is 4.94. The Bertz CT molecular complexity index is 499. The molecule has 2 unspecified atom stereocenters. The molecule has 0 heterocycles. The van der Waals surface area contributed by atoms with E-state index in [0.717, 1.165) is 19.3 Å². The summed E-state index contributed by atoms with van der Waals surface area (Å²) in [6, 6.07) is 0. The summed E-state index contributed by atoms with van der Waals surface area (Å²) < 4.78 is 0. The summed E-state index contributed by atoms with van der Waals surface area (Å²) in [6.07, 6.45) is 6.93. The molecular formula is C20H32O6. The van der Waals surface area contributed by atoms with Crippen LogP contribution in [0.5, 0.6) is 0 Å². The lowest BCUT2D eigenvalue weighted by molar-refractivity contribution is -0.137. The maximum atomic E-state index is 12.1. The molecule has 0 aromatic heterocycles. The van der Waals surface area contributed by atoms with E-state index in [1.165, 1.54) is 0 Å². The van der Waals surface area contributed by atoms with Crippen LogP contribution in [0.15, 0.2) is 12.2 Å². The van der Waals surface area contributed by atoms with Crippen molar-refractivity contribution in [3.8, 4) is 0 Å². The molecule has 1 aliphatic carbocycles. The number of carboxylic acids is 1. The molecule has 1 fully saturated rings. The molecule has 1 aliphatic rings. The highest BCUT2D eigenvalue weighted by Crippen LogP contribution is 2.33. The third kappa shape index (κ3) is 8.23. The summed E-state index contributed by atoms with van der Waals surface area (Å²) in [5.74, 6) is -2.06. The number of aliphatic hydroxyl groups excluding tert-OH is 2. The first-order valence-corrected chi connectivity index (χ1v) is 9.65. The lowest BCUT2D eigenvalue weighted by Crippen LogP contribution is -2.22. The van der Waals surface area contributed by atoms with E-state index in [2.05, 4.69) is 6.92 Å². The van der Waals surface area contributed by atoms with Gasteiger partial charge in [-0.2, -0.15) is 0 Å². The minimum Gasteiger partial charge on any atom is -0.481 e. The first-order chi connectivity index (χ1) is 12.3. The number of hydrogen-bond donors (Lipinski definition) is 3. The number of aliphatic hydroxyl groups is 2. The second kappa shape index (κ2) is 12.0. The Morgan fingerprint density at radius 1 is 1.19 bits per heavy atom. The van der Waals surface area contributed by atoms with Crippen molar-refractivity contribution in [3.05, 3.63) is 12.2 Å². The SMILES string of the molecule is CCCCCC(O)/C=C/[C@H]1C(O)CC(=O)[C@@H]1CC(=O)CCCCC(=O)O. The van der Waals surface area contributed by atoms with Gasteiger partial charge >= 0.3 is 5.97 Å². The smallest absolute Gasteiger partial charge is 0.303 e. The molecule has 0 radical (unpaired) electrons. The number of carboxylic acid groups (broad SMARTS) is 1. The van der Waals surface area contributed by atoms with Crippen molar-refractivity contribution in [1.82, 2.24) is 0 Å². The van der Waals surface area contributed by atoms with Gasteiger partial charge in [0.05, 0.1) is 12.2 Å². The number of ketones is 2. The predicted molar refractivity (Wildman–Crippen MR) is 97.6 cm³/mol. The topological polar surface area (TPSA) is 112 Å². The van der Waals surface area contributed by atoms with E-state index in [0.29, 0.717) is 19.3 Å². The van der Waals surface area contributed by atoms with Crippen molar-refractivity contribution in [1.29, 1.82) is 0 Å². The zero-order valence-electron chi connectivity index (χ0n) is 15.6. The van der Waals surface area contributed by atoms with E-state index in [4.69, 9.17) is 5.11 Å². The van der Waals surface area contributed by atoms with Crippen LogP contribution in [0, 0.1) is 11.8 Å². The van der Waals surface area contributed by atoms with Gasteiger partial charge in [0.25, 0.3) is 0 Å². The monoisotopic (exact) mass is 368 g/mol. The van der Waals surface area contributed by atoms with Crippen LogP contribution in [0.3, 0.4) is 0 Å². The van der Waals surface area contributed by atoms with Crippen LogP contribution in [-0.2, 0) is 14.4 Å². The maximum Gasteiger partial charge on any atom is 0.303 e. The zero-order valence-corrected chi connectivity index (χ0v) is 15.6. The summed E-state index contributed by atoms with van der Waals surface area (Å²) in [5, 5.41) is 28.7. The van der Waals surface area contributed by atoms with Gasteiger partial charge in [-0.1, -0.05) is 38.3 Å². The van der Waals surface area contributed by atoms with Gasteiger partial charge in [0.15, 0.2) is 0 Å². The van der Waals surface area contributed by atoms with Crippen molar-refractivity contribution in [2.24, 2.45) is 11.8 Å². The fraction of sp³-hybridized carbons (Fsp3) is 0.750. The molecule has 3 N–H and O–H groups in total. The van der Waals surface area contributed by atoms with Gasteiger partial charge in [-0.25, -0.2) is 0 Å². The number of carbonyl (C=O) groups is 3. The summed E-state index contributed by atoms with van der Waals surface area (Å²) in [5.41, 5.74) is 0. The zero-order chi connectivity index (χ0) is 19.5. The molecule has 0 amide bonds. The average molecular weight is 368 g/mol. The van der Waals surface area contributed by atoms with Crippen LogP contribution in [0.25, 0.3) is 0 Å². The van der Waals surface area contributed by atoms with E-state index in [1.807, 2.05) is 0 Å². The first-order valence-electron chi connectivity index (χ1n) is 9.65. The highest BCUT2D eigenvalue weighted by Gasteiger charge is 2.40. The quantitative estimate of drug-likeness (QED) is 0.340. The Hall–Kier alpha value is -1.53. The largest absolute Gasteiger partial charge is 0.481 e. The standard InChI is InChI=1S/C20H32O6/c1-2-3-4-7-14(21)10-11-16-17(19(24)13-18(16)23)12-15(22)8-5-6-9-20(25)26/h10-11,14,16-18,21,23H,2-9,12-13H2,1H3,(H,25,26)/b11-10+/t14?,16-,17-,18?/m1/s1. The summed E-state index contributed by atoms with van der Waals surface area (Å²) >= 11 is 0. The minimum atomic E-state index is -0.880. The fourth-order valence-electron chi connectivity index (χ4n) is 3.39. The van der Waals surface area contributed by atoms with Gasteiger partial charge in [0.1, 0.15) is 11.6 Å². The van der Waals surface area contributed by atoms with E-state index in [9.17, 15) is 24.6 Å². The van der Waals surface area contributed by atoms with E-state index >= 15 is 0 Å². The van der Waals surface area contributed by atoms with E-state index < -0.39 is 30.0 Å². The molecule has 0 spiro atoms. The Kier molecular flexibility index (Phi) is 10.4. The van der Waals surface area contributed by atoms with Gasteiger partial charge in [-0.15, -0.1) is 0 Å². The molecule has 1 saturated carbocycles. The molecule has 4 atom stereocenters. The molecule has 0 saturated heterocycles. The molecule has 0 aromatic carbocycles. The fourth-order valence-corrected chi connectivity index (χ4v) is 3.39. The molecule has 0 aliphatic heterocycles. The number of Topliss-reactive ketones (excluding diaryl/α,β-unsaturated/α-hetero) is 2. The Balaban J connectivity index is 2.51. The van der Waals surface area contributed by atoms with Crippen LogP contribution >= 0.6 is 0 Å². The van der Waals surface area contributed by atoms with Crippen molar-refractivity contribution < 1.29 is 29.7 Å². The number of carbonyl (C=O) groups excluding carboxylic acids is 2.